The van der Waals surface area contributed by atoms with Crippen LogP contribution in [-0.2, 0) is 0 Å². The molecule has 0 saturated carbocycles. The van der Waals surface area contributed by atoms with E-state index in [1.165, 1.54) is 0 Å². The van der Waals surface area contributed by atoms with Crippen LogP contribution in [0.5, 0.6) is 0 Å². The number of carbonyl (C=O) groups excluding carboxylic acids is 1. The second-order valence-electron chi connectivity index (χ2n) is 5.61. The van der Waals surface area contributed by atoms with Gasteiger partial charge in [0.1, 0.15) is 0 Å². The summed E-state index contributed by atoms with van der Waals surface area (Å²) in [5.41, 5.74) is 1.38. The Morgan fingerprint density at radius 1 is 1.04 bits per heavy atom. The number of amides is 1. The van der Waals surface area contributed by atoms with E-state index in [9.17, 15) is 4.79 Å². The summed E-state index contributed by atoms with van der Waals surface area (Å²) < 4.78 is 0. The molecule has 0 aliphatic heterocycles. The fourth-order valence-corrected chi connectivity index (χ4v) is 2.56. The lowest BCUT2D eigenvalue weighted by molar-refractivity contribution is 0.0952. The molecule has 0 fully saturated rings. The van der Waals surface area contributed by atoms with E-state index in [0.29, 0.717) is 12.1 Å². The Balaban J connectivity index is 0.00000144. The predicted octanol–water partition coefficient (Wildman–Crippen LogP) is 3.52. The highest BCUT2D eigenvalue weighted by molar-refractivity contribution is 6.13. The van der Waals surface area contributed by atoms with Crippen molar-refractivity contribution in [1.82, 2.24) is 15.2 Å². The first-order valence-corrected chi connectivity index (χ1v) is 7.36. The summed E-state index contributed by atoms with van der Waals surface area (Å²) in [6, 6.07) is 13.9. The van der Waals surface area contributed by atoms with Crippen molar-refractivity contribution in [2.45, 2.75) is 0 Å². The minimum Gasteiger partial charge on any atom is -0.351 e. The Morgan fingerprint density at radius 2 is 1.75 bits per heavy atom. The lowest BCUT2D eigenvalue weighted by Crippen LogP contribution is -2.31. The summed E-state index contributed by atoms with van der Waals surface area (Å²) in [5, 5.41) is 6.17. The summed E-state index contributed by atoms with van der Waals surface area (Å²) >= 11 is 0. The van der Waals surface area contributed by atoms with Gasteiger partial charge in [-0.2, -0.15) is 0 Å². The molecule has 0 radical (unpaired) electrons. The molecule has 1 amide bonds. The maximum atomic E-state index is 12.4. The van der Waals surface area contributed by atoms with Gasteiger partial charge in [-0.15, -0.1) is 24.8 Å². The molecule has 0 spiro atoms. The zero-order valence-electron chi connectivity index (χ0n) is 13.7. The van der Waals surface area contributed by atoms with Crippen LogP contribution >= 0.6 is 24.8 Å². The molecule has 6 heteroatoms. The number of nitrogens with one attached hydrogen (secondary N) is 1. The third kappa shape index (κ3) is 4.15. The molecule has 0 aliphatic carbocycles. The standard InChI is InChI=1S/C18H19N3O.2ClH/c1-21(2)11-10-19-18(22)16-9-5-8-15-14-7-4-3-6-13(14)12-20-17(15)16;;/h3-9,12H,10-11H2,1-2H3,(H,19,22);2*1H. The van der Waals surface area contributed by atoms with Gasteiger partial charge in [-0.05, 0) is 25.5 Å². The molecule has 2 aromatic carbocycles. The highest BCUT2D eigenvalue weighted by Crippen LogP contribution is 2.25. The van der Waals surface area contributed by atoms with Crippen LogP contribution in [0.3, 0.4) is 0 Å². The summed E-state index contributed by atoms with van der Waals surface area (Å²) in [5.74, 6) is -0.0739. The van der Waals surface area contributed by atoms with Crippen molar-refractivity contribution in [3.05, 3.63) is 54.2 Å². The van der Waals surface area contributed by atoms with Crippen molar-refractivity contribution in [3.8, 4) is 0 Å². The smallest absolute Gasteiger partial charge is 0.253 e. The van der Waals surface area contributed by atoms with Gasteiger partial charge in [-0.25, -0.2) is 0 Å². The predicted molar refractivity (Wildman–Crippen MR) is 105 cm³/mol. The van der Waals surface area contributed by atoms with Gasteiger partial charge in [-0.3, -0.25) is 9.78 Å². The number of carbonyl (C=O) groups is 1. The molecule has 0 saturated heterocycles. The number of halogens is 2. The van der Waals surface area contributed by atoms with Gasteiger partial charge < -0.3 is 10.2 Å². The number of hydrogen-bond acceptors (Lipinski definition) is 3. The lowest BCUT2D eigenvalue weighted by atomic mass is 10.0. The topological polar surface area (TPSA) is 45.2 Å². The third-order valence-electron chi connectivity index (χ3n) is 3.71. The number of pyridine rings is 1. The van der Waals surface area contributed by atoms with Crippen molar-refractivity contribution >= 4 is 52.4 Å². The third-order valence-corrected chi connectivity index (χ3v) is 3.71. The van der Waals surface area contributed by atoms with Gasteiger partial charge in [0.25, 0.3) is 5.91 Å². The summed E-state index contributed by atoms with van der Waals surface area (Å²) in [7, 11) is 3.97. The van der Waals surface area contributed by atoms with Gasteiger partial charge in [0.2, 0.25) is 0 Å². The highest BCUT2D eigenvalue weighted by Gasteiger charge is 2.12. The quantitative estimate of drug-likeness (QED) is 0.719. The Labute approximate surface area is 154 Å². The van der Waals surface area contributed by atoms with Crippen LogP contribution in [-0.4, -0.2) is 43.0 Å². The first-order chi connectivity index (χ1) is 10.7. The molecule has 0 atom stereocenters. The highest BCUT2D eigenvalue weighted by atomic mass is 35.5. The van der Waals surface area contributed by atoms with Crippen molar-refractivity contribution < 1.29 is 4.79 Å². The Hall–Kier alpha value is -1.88. The van der Waals surface area contributed by atoms with Gasteiger partial charge >= 0.3 is 0 Å². The van der Waals surface area contributed by atoms with Crippen LogP contribution in [0.4, 0.5) is 0 Å². The zero-order valence-corrected chi connectivity index (χ0v) is 15.3. The molecule has 1 heterocycles. The van der Waals surface area contributed by atoms with Gasteiger partial charge in [-0.1, -0.05) is 36.4 Å². The van der Waals surface area contributed by atoms with E-state index in [1.807, 2.05) is 61.6 Å². The van der Waals surface area contributed by atoms with Crippen molar-refractivity contribution in [2.24, 2.45) is 0 Å². The number of rotatable bonds is 4. The van der Waals surface area contributed by atoms with Crippen LogP contribution in [0.25, 0.3) is 21.7 Å². The van der Waals surface area contributed by atoms with E-state index in [1.54, 1.807) is 0 Å². The minimum atomic E-state index is -0.0739. The summed E-state index contributed by atoms with van der Waals surface area (Å²) in [6.07, 6.45) is 1.83. The Kier molecular flexibility index (Phi) is 7.42. The largest absolute Gasteiger partial charge is 0.351 e. The molecule has 128 valence electrons. The first kappa shape index (κ1) is 20.2. The monoisotopic (exact) mass is 365 g/mol. The van der Waals surface area contributed by atoms with E-state index in [-0.39, 0.29) is 30.7 Å². The van der Waals surface area contributed by atoms with Crippen LogP contribution in [0.2, 0.25) is 0 Å². The van der Waals surface area contributed by atoms with Crippen molar-refractivity contribution in [2.75, 3.05) is 27.2 Å². The second kappa shape index (κ2) is 8.83. The van der Waals surface area contributed by atoms with E-state index in [2.05, 4.69) is 16.4 Å². The molecule has 4 nitrogen and oxygen atoms in total. The molecule has 0 aliphatic rings. The number of para-hydroxylation sites is 1. The van der Waals surface area contributed by atoms with Gasteiger partial charge in [0.05, 0.1) is 11.1 Å². The molecular formula is C18H21Cl2N3O. The molecule has 3 rings (SSSR count). The molecule has 3 aromatic rings. The van der Waals surface area contributed by atoms with Crippen molar-refractivity contribution in [3.63, 3.8) is 0 Å². The SMILES string of the molecule is CN(C)CCNC(=O)c1cccc2c1ncc1ccccc12.Cl.Cl. The van der Waals surface area contributed by atoms with E-state index in [0.717, 1.165) is 28.2 Å². The molecule has 1 aromatic heterocycles. The zero-order chi connectivity index (χ0) is 15.5. The van der Waals surface area contributed by atoms with Gasteiger partial charge in [0.15, 0.2) is 0 Å². The van der Waals surface area contributed by atoms with Crippen LogP contribution in [0.1, 0.15) is 10.4 Å². The minimum absolute atomic E-state index is 0. The normalized spacial score (nSPS) is 10.3. The second-order valence-corrected chi connectivity index (χ2v) is 5.61. The van der Waals surface area contributed by atoms with E-state index in [4.69, 9.17) is 0 Å². The summed E-state index contributed by atoms with van der Waals surface area (Å²) in [6.45, 7) is 1.43. The fraction of sp³-hybridized carbons (Fsp3) is 0.222. The van der Waals surface area contributed by atoms with Gasteiger partial charge in [0, 0.05) is 30.1 Å². The lowest BCUT2D eigenvalue weighted by Gasteiger charge is -2.11. The van der Waals surface area contributed by atoms with Crippen LogP contribution in [0, 0.1) is 0 Å². The average molecular weight is 366 g/mol. The molecule has 0 bridgehead atoms. The maximum absolute atomic E-state index is 12.4. The van der Waals surface area contributed by atoms with Crippen LogP contribution in [0.15, 0.2) is 48.7 Å². The molecule has 1 N–H and O–H groups in total. The number of fused-ring (bicyclic) bond motifs is 3. The van der Waals surface area contributed by atoms with E-state index >= 15 is 0 Å². The number of nitrogens with zero attached hydrogens (tertiary/aromatic N) is 2. The molecule has 24 heavy (non-hydrogen) atoms. The Morgan fingerprint density at radius 3 is 2.50 bits per heavy atom. The van der Waals surface area contributed by atoms with Crippen LogP contribution < -0.4 is 5.32 Å². The van der Waals surface area contributed by atoms with Crippen molar-refractivity contribution in [1.29, 1.82) is 0 Å². The average Bonchev–Trinajstić information content (AvgIpc) is 2.53. The number of hydrogen-bond donors (Lipinski definition) is 1. The first-order valence-electron chi connectivity index (χ1n) is 7.36. The fourth-order valence-electron chi connectivity index (χ4n) is 2.56. The number of aromatic nitrogens is 1. The molecule has 0 unspecified atom stereocenters. The number of likely N-dealkylation sites (N-methyl/N-ethyl adjacent to an activating group) is 1. The molecular weight excluding hydrogens is 345 g/mol. The summed E-state index contributed by atoms with van der Waals surface area (Å²) in [4.78, 5) is 18.9. The Bertz CT molecular complexity index is 837. The maximum Gasteiger partial charge on any atom is 0.253 e. The number of benzene rings is 2. The van der Waals surface area contributed by atoms with E-state index < -0.39 is 0 Å².